The monoisotopic (exact) mass is 501 g/mol. The zero-order valence-electron chi connectivity index (χ0n) is 22.5. The number of hydrogen-bond acceptors (Lipinski definition) is 5. The van der Waals surface area contributed by atoms with Crippen molar-refractivity contribution in [3.05, 3.63) is 24.3 Å². The van der Waals surface area contributed by atoms with Crippen LogP contribution in [0, 0.1) is 11.8 Å². The Bertz CT molecular complexity index is 940. The van der Waals surface area contributed by atoms with Gasteiger partial charge in [-0.1, -0.05) is 38.2 Å². The van der Waals surface area contributed by atoms with Crippen LogP contribution in [0.2, 0.25) is 0 Å². The zero-order valence-corrected chi connectivity index (χ0v) is 22.5. The molecule has 5 atom stereocenters. The second kappa shape index (κ2) is 9.93. The van der Waals surface area contributed by atoms with Gasteiger partial charge in [-0.25, -0.2) is 0 Å². The summed E-state index contributed by atoms with van der Waals surface area (Å²) >= 11 is 0. The van der Waals surface area contributed by atoms with Crippen molar-refractivity contribution in [2.24, 2.45) is 11.8 Å². The fourth-order valence-electron chi connectivity index (χ4n) is 6.70. The van der Waals surface area contributed by atoms with Gasteiger partial charge < -0.3 is 24.5 Å². The molecule has 2 fully saturated rings. The summed E-state index contributed by atoms with van der Waals surface area (Å²) < 4.78 is 6.96. The Morgan fingerprint density at radius 3 is 2.31 bits per heavy atom. The van der Waals surface area contributed by atoms with Crippen molar-refractivity contribution < 1.29 is 24.2 Å². The van der Waals surface area contributed by atoms with Gasteiger partial charge in [-0.3, -0.25) is 14.4 Å². The van der Waals surface area contributed by atoms with Crippen molar-refractivity contribution in [3.63, 3.8) is 0 Å². The summed E-state index contributed by atoms with van der Waals surface area (Å²) in [6.07, 6.45) is 11.3. The highest BCUT2D eigenvalue weighted by atomic mass is 16.5. The highest BCUT2D eigenvalue weighted by Crippen LogP contribution is 2.58. The predicted octanol–water partition coefficient (Wildman–Crippen LogP) is 2.52. The number of hydrogen-bond donors (Lipinski definition) is 1. The second-order valence-electron chi connectivity index (χ2n) is 11.6. The number of carbonyl (C=O) groups is 3. The predicted molar refractivity (Wildman–Crippen MR) is 137 cm³/mol. The number of rotatable bonds is 8. The van der Waals surface area contributed by atoms with E-state index in [2.05, 4.69) is 0 Å². The molecule has 0 aromatic heterocycles. The lowest BCUT2D eigenvalue weighted by atomic mass is 9.73. The number of nitrogens with zero attached hydrogens (tertiary/aromatic N) is 3. The molecule has 8 nitrogen and oxygen atoms in total. The molecule has 1 unspecified atom stereocenters. The average Bonchev–Trinajstić information content (AvgIpc) is 3.10. The summed E-state index contributed by atoms with van der Waals surface area (Å²) in [6.45, 7) is 12.1. The van der Waals surface area contributed by atoms with Gasteiger partial charge in [0.15, 0.2) is 0 Å². The summed E-state index contributed by atoms with van der Waals surface area (Å²) in [6, 6.07) is -0.821. The van der Waals surface area contributed by atoms with Crippen molar-refractivity contribution in [3.8, 4) is 0 Å². The van der Waals surface area contributed by atoms with E-state index in [0.29, 0.717) is 45.4 Å². The third-order valence-electron chi connectivity index (χ3n) is 8.38. The molecule has 0 aliphatic carbocycles. The Balaban J connectivity index is 1.83. The van der Waals surface area contributed by atoms with Gasteiger partial charge in [-0.05, 0) is 52.9 Å². The smallest absolute Gasteiger partial charge is 0.249 e. The Morgan fingerprint density at radius 2 is 1.67 bits per heavy atom. The molecule has 2 saturated heterocycles. The maximum Gasteiger partial charge on any atom is 0.249 e. The van der Waals surface area contributed by atoms with Crippen LogP contribution in [0.3, 0.4) is 0 Å². The van der Waals surface area contributed by atoms with E-state index in [4.69, 9.17) is 4.74 Å². The number of amides is 3. The molecule has 1 N–H and O–H groups in total. The number of carbonyl (C=O) groups excluding carboxylic acids is 3. The number of likely N-dealkylation sites (tertiary alicyclic amines) is 1. The molecular formula is C28H43N3O5. The van der Waals surface area contributed by atoms with Crippen LogP contribution in [0.4, 0.5) is 0 Å². The van der Waals surface area contributed by atoms with Crippen molar-refractivity contribution >= 4 is 17.7 Å². The minimum Gasteiger partial charge on any atom is -0.396 e. The number of aliphatic hydroxyl groups is 1. The number of aliphatic hydroxyl groups excluding tert-OH is 1. The Morgan fingerprint density at radius 1 is 0.944 bits per heavy atom. The minimum atomic E-state index is -1.19. The summed E-state index contributed by atoms with van der Waals surface area (Å²) in [5, 5.41) is 9.22. The molecular weight excluding hydrogens is 458 g/mol. The fraction of sp³-hybridized carbons (Fsp3) is 0.750. The molecule has 36 heavy (non-hydrogen) atoms. The van der Waals surface area contributed by atoms with Gasteiger partial charge in [0.1, 0.15) is 11.6 Å². The Labute approximate surface area is 215 Å². The van der Waals surface area contributed by atoms with Crippen LogP contribution < -0.4 is 0 Å². The topological polar surface area (TPSA) is 90.4 Å². The molecule has 0 saturated carbocycles. The maximum atomic E-state index is 14.3. The summed E-state index contributed by atoms with van der Waals surface area (Å²) in [5.41, 5.74) is -2.56. The molecule has 1 spiro atoms. The van der Waals surface area contributed by atoms with Crippen molar-refractivity contribution in [2.45, 2.75) is 89.5 Å². The van der Waals surface area contributed by atoms with E-state index in [0.717, 1.165) is 12.8 Å². The van der Waals surface area contributed by atoms with E-state index in [1.165, 1.54) is 0 Å². The fourth-order valence-corrected chi connectivity index (χ4v) is 6.70. The lowest BCUT2D eigenvalue weighted by Crippen LogP contribution is -2.59. The molecule has 0 radical (unpaired) electrons. The molecule has 4 heterocycles. The second-order valence-corrected chi connectivity index (χ2v) is 11.6. The summed E-state index contributed by atoms with van der Waals surface area (Å²) in [5.74, 6) is -1.79. The summed E-state index contributed by atoms with van der Waals surface area (Å²) in [4.78, 5) is 47.8. The third-order valence-corrected chi connectivity index (χ3v) is 8.38. The van der Waals surface area contributed by atoms with E-state index in [9.17, 15) is 19.5 Å². The van der Waals surface area contributed by atoms with Crippen LogP contribution in [-0.4, -0.2) is 93.1 Å². The maximum absolute atomic E-state index is 14.3. The van der Waals surface area contributed by atoms with Gasteiger partial charge in [0, 0.05) is 38.3 Å². The minimum absolute atomic E-state index is 0.0578. The lowest BCUT2D eigenvalue weighted by molar-refractivity contribution is -0.156. The van der Waals surface area contributed by atoms with E-state index in [-0.39, 0.29) is 24.3 Å². The van der Waals surface area contributed by atoms with Crippen LogP contribution in [0.25, 0.3) is 0 Å². The van der Waals surface area contributed by atoms with E-state index >= 15 is 0 Å². The van der Waals surface area contributed by atoms with Gasteiger partial charge >= 0.3 is 0 Å². The largest absolute Gasteiger partial charge is 0.396 e. The van der Waals surface area contributed by atoms with Gasteiger partial charge in [-0.2, -0.15) is 0 Å². The summed E-state index contributed by atoms with van der Waals surface area (Å²) in [7, 11) is 0. The van der Waals surface area contributed by atoms with Crippen LogP contribution in [0.5, 0.6) is 0 Å². The first-order chi connectivity index (χ1) is 17.1. The Kier molecular flexibility index (Phi) is 7.41. The lowest BCUT2D eigenvalue weighted by Gasteiger charge is -2.41. The third kappa shape index (κ3) is 4.10. The molecule has 0 aromatic carbocycles. The van der Waals surface area contributed by atoms with Crippen LogP contribution >= 0.6 is 0 Å². The standard InChI is InChI=1S/C28H43N3O5/c1-6-15-29-16-11-13-27(7-2)20(23(29)33)21-24(34)30(17-9-8-10-19-32)22-25(35)31(26(3,4)5)18-12-14-28(21,22)36-27/h11-14,20-22,32H,6-10,15-19H2,1-5H3/t20-,21+,22?,27+,28+/m1/s1. The number of fused-ring (bicyclic) bond motifs is 2. The number of ether oxygens (including phenoxy) is 1. The van der Waals surface area contributed by atoms with Gasteiger partial charge in [0.05, 0.1) is 17.4 Å². The number of unbranched alkanes of at least 4 members (excludes halogenated alkanes) is 2. The first-order valence-electron chi connectivity index (χ1n) is 13.6. The molecule has 200 valence electrons. The normalized spacial score (nSPS) is 34.1. The average molecular weight is 502 g/mol. The SMILES string of the molecule is CCCN1CC=C[C@]2(CC)O[C@]34C=CCN(C(C)(C)C)C(=O)C3N(CCCCCO)C(=O)[C@@H]4[C@@H]2C1=O. The highest BCUT2D eigenvalue weighted by molar-refractivity contribution is 6.00. The molecule has 4 rings (SSSR count). The quantitative estimate of drug-likeness (QED) is 0.408. The van der Waals surface area contributed by atoms with Crippen LogP contribution in [-0.2, 0) is 19.1 Å². The zero-order chi connectivity index (χ0) is 26.3. The van der Waals surface area contributed by atoms with E-state index < -0.39 is 34.6 Å². The van der Waals surface area contributed by atoms with E-state index in [1.54, 1.807) is 4.90 Å². The first-order valence-corrected chi connectivity index (χ1v) is 13.6. The Hall–Kier alpha value is -2.19. The van der Waals surface area contributed by atoms with Crippen molar-refractivity contribution in [1.29, 1.82) is 0 Å². The van der Waals surface area contributed by atoms with Gasteiger partial charge in [-0.15, -0.1) is 0 Å². The molecule has 8 heteroatoms. The molecule has 3 amide bonds. The van der Waals surface area contributed by atoms with Crippen molar-refractivity contribution in [1.82, 2.24) is 14.7 Å². The molecule has 4 aliphatic rings. The van der Waals surface area contributed by atoms with Crippen LogP contribution in [0.15, 0.2) is 24.3 Å². The molecule has 0 bridgehead atoms. The molecule has 4 aliphatic heterocycles. The van der Waals surface area contributed by atoms with E-state index in [1.807, 2.05) is 68.7 Å². The van der Waals surface area contributed by atoms with Gasteiger partial charge in [0.2, 0.25) is 17.7 Å². The van der Waals surface area contributed by atoms with Crippen molar-refractivity contribution in [2.75, 3.05) is 32.8 Å². The van der Waals surface area contributed by atoms with Crippen LogP contribution in [0.1, 0.15) is 66.7 Å². The molecule has 0 aromatic rings. The van der Waals surface area contributed by atoms with Gasteiger partial charge in [0.25, 0.3) is 0 Å². The first kappa shape index (κ1) is 26.9. The highest BCUT2D eigenvalue weighted by Gasteiger charge is 2.75.